The fourth-order valence-corrected chi connectivity index (χ4v) is 2.33. The minimum absolute atomic E-state index is 0.0238. The Balaban J connectivity index is 2.14. The lowest BCUT2D eigenvalue weighted by molar-refractivity contribution is -0.0722. The summed E-state index contributed by atoms with van der Waals surface area (Å²) in [6, 6.07) is 6.29. The zero-order chi connectivity index (χ0) is 13.1. The molecule has 2 atom stereocenters. The second-order valence-electron chi connectivity index (χ2n) is 4.69. The van der Waals surface area contributed by atoms with Crippen LogP contribution in [0.15, 0.2) is 18.2 Å². The number of hydrogen-bond donors (Lipinski definition) is 0. The quantitative estimate of drug-likeness (QED) is 0.809. The number of benzene rings is 1. The summed E-state index contributed by atoms with van der Waals surface area (Å²) in [4.78, 5) is 0. The van der Waals surface area contributed by atoms with E-state index in [0.717, 1.165) is 12.8 Å². The van der Waals surface area contributed by atoms with Crippen molar-refractivity contribution in [1.82, 2.24) is 0 Å². The molecule has 0 bridgehead atoms. The predicted molar refractivity (Wildman–Crippen MR) is 64.8 cm³/mol. The molecule has 4 heteroatoms. The Morgan fingerprint density at radius 3 is 2.61 bits per heavy atom. The molecule has 3 nitrogen and oxygen atoms in total. The van der Waals surface area contributed by atoms with Crippen molar-refractivity contribution in [2.75, 3.05) is 0 Å². The van der Waals surface area contributed by atoms with Gasteiger partial charge >= 0.3 is 0 Å². The summed E-state index contributed by atoms with van der Waals surface area (Å²) < 4.78 is 24.8. The summed E-state index contributed by atoms with van der Waals surface area (Å²) in [5, 5.41) is 8.94. The molecule has 1 saturated heterocycles. The summed E-state index contributed by atoms with van der Waals surface area (Å²) in [6.07, 6.45) is 1.73. The lowest BCUT2D eigenvalue weighted by atomic mass is 10.0. The fraction of sp³-hybridized carbons (Fsp3) is 0.500. The maximum absolute atomic E-state index is 13.4. The fourth-order valence-electron chi connectivity index (χ4n) is 2.33. The molecule has 0 spiro atoms. The molecular formula is C14H16FNO2. The Morgan fingerprint density at radius 1 is 1.33 bits per heavy atom. The normalized spacial score (nSPS) is 27.6. The molecule has 2 unspecified atom stereocenters. The van der Waals surface area contributed by atoms with E-state index < -0.39 is 5.82 Å². The van der Waals surface area contributed by atoms with Crippen molar-refractivity contribution in [1.29, 1.82) is 5.26 Å². The Bertz CT molecular complexity index is 459. The highest BCUT2D eigenvalue weighted by atomic mass is 19.1. The van der Waals surface area contributed by atoms with Gasteiger partial charge in [0.25, 0.3) is 0 Å². The molecule has 1 aromatic rings. The molecule has 0 N–H and O–H groups in total. The van der Waals surface area contributed by atoms with Gasteiger partial charge in [0.05, 0.1) is 12.2 Å². The number of nitrogens with zero attached hydrogens (tertiary/aromatic N) is 1. The molecule has 1 aliphatic heterocycles. The molecule has 1 aliphatic rings. The van der Waals surface area contributed by atoms with Gasteiger partial charge in [0.1, 0.15) is 29.3 Å². The summed E-state index contributed by atoms with van der Waals surface area (Å²) in [6.45, 7) is 3.98. The van der Waals surface area contributed by atoms with Gasteiger partial charge in [0, 0.05) is 12.8 Å². The first-order valence-electron chi connectivity index (χ1n) is 6.11. The largest absolute Gasteiger partial charge is 0.489 e. The zero-order valence-corrected chi connectivity index (χ0v) is 10.5. The van der Waals surface area contributed by atoms with Crippen molar-refractivity contribution >= 4 is 0 Å². The highest BCUT2D eigenvalue weighted by Gasteiger charge is 2.26. The summed E-state index contributed by atoms with van der Waals surface area (Å²) in [5.74, 6) is -0.216. The minimum Gasteiger partial charge on any atom is -0.489 e. The van der Waals surface area contributed by atoms with E-state index in [-0.39, 0.29) is 23.9 Å². The van der Waals surface area contributed by atoms with Gasteiger partial charge in [-0.3, -0.25) is 0 Å². The first-order valence-corrected chi connectivity index (χ1v) is 6.11. The van der Waals surface area contributed by atoms with E-state index in [1.807, 2.05) is 19.9 Å². The minimum atomic E-state index is -0.539. The number of nitriles is 1. The average molecular weight is 249 g/mol. The van der Waals surface area contributed by atoms with Crippen molar-refractivity contribution in [3.8, 4) is 11.8 Å². The lowest BCUT2D eigenvalue weighted by Crippen LogP contribution is -2.35. The number of hydrogen-bond acceptors (Lipinski definition) is 3. The molecule has 1 aromatic carbocycles. The van der Waals surface area contributed by atoms with Gasteiger partial charge < -0.3 is 9.47 Å². The lowest BCUT2D eigenvalue weighted by Gasteiger charge is -2.32. The molecule has 2 rings (SSSR count). The van der Waals surface area contributed by atoms with Crippen molar-refractivity contribution in [2.24, 2.45) is 0 Å². The molecule has 96 valence electrons. The summed E-state index contributed by atoms with van der Waals surface area (Å²) >= 11 is 0. The van der Waals surface area contributed by atoms with Crippen molar-refractivity contribution in [3.63, 3.8) is 0 Å². The van der Waals surface area contributed by atoms with Crippen LogP contribution in [0.5, 0.6) is 5.75 Å². The van der Waals surface area contributed by atoms with Gasteiger partial charge in [-0.1, -0.05) is 6.07 Å². The van der Waals surface area contributed by atoms with E-state index in [1.54, 1.807) is 12.1 Å². The summed E-state index contributed by atoms with van der Waals surface area (Å²) in [7, 11) is 0. The first-order chi connectivity index (χ1) is 8.60. The van der Waals surface area contributed by atoms with E-state index in [1.165, 1.54) is 6.07 Å². The second kappa shape index (κ2) is 5.36. The van der Waals surface area contributed by atoms with Gasteiger partial charge in [-0.25, -0.2) is 4.39 Å². The van der Waals surface area contributed by atoms with E-state index in [0.29, 0.717) is 5.75 Å². The van der Waals surface area contributed by atoms with Gasteiger partial charge in [-0.15, -0.1) is 0 Å². The molecule has 0 saturated carbocycles. The second-order valence-corrected chi connectivity index (χ2v) is 4.69. The monoisotopic (exact) mass is 249 g/mol. The molecule has 1 heterocycles. The van der Waals surface area contributed by atoms with Crippen LogP contribution < -0.4 is 4.74 Å². The van der Waals surface area contributed by atoms with Crippen molar-refractivity contribution in [3.05, 3.63) is 29.6 Å². The van der Waals surface area contributed by atoms with E-state index in [2.05, 4.69) is 0 Å². The van der Waals surface area contributed by atoms with E-state index in [4.69, 9.17) is 14.7 Å². The Hall–Kier alpha value is -1.60. The first kappa shape index (κ1) is 12.8. The number of rotatable bonds is 2. The van der Waals surface area contributed by atoms with Gasteiger partial charge in [0.2, 0.25) is 0 Å². The molecule has 18 heavy (non-hydrogen) atoms. The zero-order valence-electron chi connectivity index (χ0n) is 10.5. The maximum Gasteiger partial charge on any atom is 0.144 e. The number of halogens is 1. The summed E-state index contributed by atoms with van der Waals surface area (Å²) in [5.41, 5.74) is -0.0238. The van der Waals surface area contributed by atoms with E-state index in [9.17, 15) is 4.39 Å². The molecule has 0 aliphatic carbocycles. The highest BCUT2D eigenvalue weighted by molar-refractivity contribution is 5.43. The SMILES string of the molecule is CC1CC(Oc2cccc(F)c2C#N)CC(C)O1. The van der Waals surface area contributed by atoms with Gasteiger partial charge in [-0.05, 0) is 26.0 Å². The Kier molecular flexibility index (Phi) is 3.83. The van der Waals surface area contributed by atoms with Crippen LogP contribution in [0.25, 0.3) is 0 Å². The average Bonchev–Trinajstić information content (AvgIpc) is 2.27. The molecule has 0 amide bonds. The number of ether oxygens (including phenoxy) is 2. The molecule has 0 aromatic heterocycles. The van der Waals surface area contributed by atoms with Crippen LogP contribution in [0.1, 0.15) is 32.3 Å². The third-order valence-electron chi connectivity index (χ3n) is 3.04. The predicted octanol–water partition coefficient (Wildman–Crippen LogP) is 3.03. The van der Waals surface area contributed by atoms with Crippen LogP contribution in [0, 0.1) is 17.1 Å². The van der Waals surface area contributed by atoms with Crippen molar-refractivity contribution < 1.29 is 13.9 Å². The van der Waals surface area contributed by atoms with Crippen LogP contribution in [0.3, 0.4) is 0 Å². The van der Waals surface area contributed by atoms with Crippen LogP contribution in [0.2, 0.25) is 0 Å². The smallest absolute Gasteiger partial charge is 0.144 e. The van der Waals surface area contributed by atoms with Gasteiger partial charge in [-0.2, -0.15) is 5.26 Å². The standard InChI is InChI=1S/C14H16FNO2/c1-9-6-11(7-10(2)17-9)18-14-5-3-4-13(15)12(14)8-16/h3-5,9-11H,6-7H2,1-2H3. The van der Waals surface area contributed by atoms with E-state index >= 15 is 0 Å². The third-order valence-corrected chi connectivity index (χ3v) is 3.04. The molecule has 0 radical (unpaired) electrons. The van der Waals surface area contributed by atoms with Crippen LogP contribution in [-0.4, -0.2) is 18.3 Å². The Labute approximate surface area is 106 Å². The van der Waals surface area contributed by atoms with Crippen molar-refractivity contribution in [2.45, 2.75) is 45.0 Å². The molecular weight excluding hydrogens is 233 g/mol. The third kappa shape index (κ3) is 2.80. The highest BCUT2D eigenvalue weighted by Crippen LogP contribution is 2.27. The Morgan fingerprint density at radius 2 is 2.00 bits per heavy atom. The maximum atomic E-state index is 13.4. The van der Waals surface area contributed by atoms with Crippen LogP contribution in [-0.2, 0) is 4.74 Å². The van der Waals surface area contributed by atoms with Crippen LogP contribution in [0.4, 0.5) is 4.39 Å². The van der Waals surface area contributed by atoms with Gasteiger partial charge in [0.15, 0.2) is 0 Å². The molecule has 1 fully saturated rings. The topological polar surface area (TPSA) is 42.2 Å². The van der Waals surface area contributed by atoms with Crippen LogP contribution >= 0.6 is 0 Å².